The van der Waals surface area contributed by atoms with E-state index < -0.39 is 0 Å². The fourth-order valence-corrected chi connectivity index (χ4v) is 2.83. The molecule has 0 aliphatic carbocycles. The first-order valence-electron chi connectivity index (χ1n) is 10.1. The van der Waals surface area contributed by atoms with Crippen molar-refractivity contribution in [3.63, 3.8) is 0 Å². The van der Waals surface area contributed by atoms with Gasteiger partial charge in [-0.2, -0.15) is 0 Å². The largest absolute Gasteiger partial charge is 0.497 e. The van der Waals surface area contributed by atoms with Gasteiger partial charge in [0.05, 0.1) is 13.7 Å². The average Bonchev–Trinajstić information content (AvgIpc) is 2.73. The Labute approximate surface area is 169 Å². The number of carbonyl (C=O) groups excluding carboxylic acids is 1. The van der Waals surface area contributed by atoms with Crippen LogP contribution < -0.4 is 20.7 Å². The highest BCUT2D eigenvalue weighted by Crippen LogP contribution is 2.10. The topological polar surface area (TPSA) is 78.0 Å². The molecule has 0 aromatic heterocycles. The van der Waals surface area contributed by atoms with Crippen LogP contribution in [0.15, 0.2) is 29.3 Å². The Bertz CT molecular complexity index is 585. The van der Waals surface area contributed by atoms with Crippen molar-refractivity contribution < 1.29 is 9.53 Å². The fourth-order valence-electron chi connectivity index (χ4n) is 2.83. The van der Waals surface area contributed by atoms with Crippen LogP contribution in [-0.4, -0.2) is 63.1 Å². The second-order valence-corrected chi connectivity index (χ2v) is 6.77. The number of guanidine groups is 1. The molecule has 0 saturated heterocycles. The summed E-state index contributed by atoms with van der Waals surface area (Å²) in [6.45, 7) is 10.5. The Balaban J connectivity index is 2.27. The Morgan fingerprint density at radius 1 is 1.18 bits per heavy atom. The van der Waals surface area contributed by atoms with Gasteiger partial charge in [-0.3, -0.25) is 9.79 Å². The van der Waals surface area contributed by atoms with Crippen LogP contribution >= 0.6 is 0 Å². The van der Waals surface area contributed by atoms with Crippen molar-refractivity contribution in [2.75, 3.05) is 40.3 Å². The third-order valence-corrected chi connectivity index (χ3v) is 4.68. The van der Waals surface area contributed by atoms with Gasteiger partial charge in [0.1, 0.15) is 5.75 Å². The standard InChI is InChI=1S/C21H37N5O2/c1-6-26(7-2)14-8-9-17(3)25-21(22-4)24-16-20(27)23-15-18-10-12-19(28-5)13-11-18/h10-13,17H,6-9,14-16H2,1-5H3,(H,23,27)(H2,22,24,25). The summed E-state index contributed by atoms with van der Waals surface area (Å²) >= 11 is 0. The average molecular weight is 392 g/mol. The van der Waals surface area contributed by atoms with E-state index in [1.165, 1.54) is 0 Å². The molecule has 158 valence electrons. The lowest BCUT2D eigenvalue weighted by atomic mass is 10.2. The summed E-state index contributed by atoms with van der Waals surface area (Å²) in [6, 6.07) is 7.93. The smallest absolute Gasteiger partial charge is 0.239 e. The number of methoxy groups -OCH3 is 1. The lowest BCUT2D eigenvalue weighted by molar-refractivity contribution is -0.120. The van der Waals surface area contributed by atoms with E-state index in [1.54, 1.807) is 14.2 Å². The van der Waals surface area contributed by atoms with E-state index in [-0.39, 0.29) is 12.5 Å². The van der Waals surface area contributed by atoms with E-state index in [4.69, 9.17) is 4.74 Å². The zero-order valence-corrected chi connectivity index (χ0v) is 18.0. The van der Waals surface area contributed by atoms with Crippen molar-refractivity contribution in [3.8, 4) is 5.75 Å². The van der Waals surface area contributed by atoms with E-state index in [1.807, 2.05) is 24.3 Å². The monoisotopic (exact) mass is 391 g/mol. The normalized spacial score (nSPS) is 12.6. The van der Waals surface area contributed by atoms with Crippen molar-refractivity contribution >= 4 is 11.9 Å². The van der Waals surface area contributed by atoms with Gasteiger partial charge in [0.2, 0.25) is 5.91 Å². The van der Waals surface area contributed by atoms with Gasteiger partial charge in [0.15, 0.2) is 5.96 Å². The highest BCUT2D eigenvalue weighted by Gasteiger charge is 2.08. The number of nitrogens with one attached hydrogen (secondary N) is 3. The van der Waals surface area contributed by atoms with Gasteiger partial charge in [-0.25, -0.2) is 0 Å². The molecule has 0 aliphatic heterocycles. The first-order valence-corrected chi connectivity index (χ1v) is 10.1. The van der Waals surface area contributed by atoms with E-state index in [0.29, 0.717) is 18.5 Å². The summed E-state index contributed by atoms with van der Waals surface area (Å²) in [5, 5.41) is 9.32. The van der Waals surface area contributed by atoms with E-state index in [9.17, 15) is 4.79 Å². The summed E-state index contributed by atoms with van der Waals surface area (Å²) in [7, 11) is 3.35. The van der Waals surface area contributed by atoms with Crippen LogP contribution in [0, 0.1) is 0 Å². The summed E-state index contributed by atoms with van der Waals surface area (Å²) in [5.74, 6) is 1.38. The minimum atomic E-state index is -0.0760. The first-order chi connectivity index (χ1) is 13.5. The number of aliphatic imine (C=N–C) groups is 1. The quantitative estimate of drug-likeness (QED) is 0.375. The maximum absolute atomic E-state index is 12.1. The van der Waals surface area contributed by atoms with Crippen LogP contribution in [0.1, 0.15) is 39.2 Å². The molecule has 1 unspecified atom stereocenters. The lowest BCUT2D eigenvalue weighted by Crippen LogP contribution is -2.46. The molecule has 0 bridgehead atoms. The molecule has 0 aliphatic rings. The van der Waals surface area contributed by atoms with Crippen LogP contribution in [0.25, 0.3) is 0 Å². The second-order valence-electron chi connectivity index (χ2n) is 6.77. The van der Waals surface area contributed by atoms with Gasteiger partial charge in [-0.1, -0.05) is 26.0 Å². The summed E-state index contributed by atoms with van der Waals surface area (Å²) in [4.78, 5) is 18.7. The summed E-state index contributed by atoms with van der Waals surface area (Å²) < 4.78 is 5.13. The molecule has 1 aromatic rings. The molecule has 1 amide bonds. The van der Waals surface area contributed by atoms with E-state index in [0.717, 1.165) is 43.8 Å². The molecule has 0 heterocycles. The molecule has 0 spiro atoms. The summed E-state index contributed by atoms with van der Waals surface area (Å²) in [6.07, 6.45) is 2.19. The Morgan fingerprint density at radius 3 is 2.43 bits per heavy atom. The van der Waals surface area contributed by atoms with Gasteiger partial charge >= 0.3 is 0 Å². The number of hydrogen-bond donors (Lipinski definition) is 3. The number of nitrogens with zero attached hydrogens (tertiary/aromatic N) is 2. The van der Waals surface area contributed by atoms with Crippen molar-refractivity contribution in [3.05, 3.63) is 29.8 Å². The SMILES string of the molecule is CCN(CC)CCCC(C)NC(=NC)NCC(=O)NCc1ccc(OC)cc1. The third-order valence-electron chi connectivity index (χ3n) is 4.68. The number of hydrogen-bond acceptors (Lipinski definition) is 4. The molecule has 28 heavy (non-hydrogen) atoms. The van der Waals surface area contributed by atoms with Crippen molar-refractivity contribution in [1.82, 2.24) is 20.9 Å². The number of carbonyl (C=O) groups is 1. The van der Waals surface area contributed by atoms with Gasteiger partial charge in [-0.15, -0.1) is 0 Å². The van der Waals surface area contributed by atoms with Crippen LogP contribution in [-0.2, 0) is 11.3 Å². The molecule has 3 N–H and O–H groups in total. The van der Waals surface area contributed by atoms with Crippen molar-refractivity contribution in [1.29, 1.82) is 0 Å². The number of rotatable bonds is 12. The van der Waals surface area contributed by atoms with Gasteiger partial charge in [0.25, 0.3) is 0 Å². The van der Waals surface area contributed by atoms with Gasteiger partial charge in [-0.05, 0) is 57.1 Å². The molecular formula is C21H37N5O2. The third kappa shape index (κ3) is 9.60. The minimum Gasteiger partial charge on any atom is -0.497 e. The molecule has 1 atom stereocenters. The molecule has 1 aromatic carbocycles. The van der Waals surface area contributed by atoms with Gasteiger partial charge < -0.3 is 25.6 Å². The number of benzene rings is 1. The Morgan fingerprint density at radius 2 is 1.86 bits per heavy atom. The van der Waals surface area contributed by atoms with Crippen molar-refractivity contribution in [2.24, 2.45) is 4.99 Å². The van der Waals surface area contributed by atoms with Crippen LogP contribution in [0.5, 0.6) is 5.75 Å². The Kier molecular flexibility index (Phi) is 11.7. The fraction of sp³-hybridized carbons (Fsp3) is 0.619. The molecule has 0 radical (unpaired) electrons. The highest BCUT2D eigenvalue weighted by molar-refractivity contribution is 5.86. The molecule has 7 heteroatoms. The predicted octanol–water partition coefficient (Wildman–Crippen LogP) is 1.99. The van der Waals surface area contributed by atoms with Gasteiger partial charge in [0, 0.05) is 19.6 Å². The number of ether oxygens (including phenoxy) is 1. The number of amides is 1. The zero-order valence-electron chi connectivity index (χ0n) is 18.0. The zero-order chi connectivity index (χ0) is 20.8. The van der Waals surface area contributed by atoms with Crippen molar-refractivity contribution in [2.45, 2.75) is 46.2 Å². The minimum absolute atomic E-state index is 0.0760. The van der Waals surface area contributed by atoms with Crippen LogP contribution in [0.3, 0.4) is 0 Å². The van der Waals surface area contributed by atoms with E-state index in [2.05, 4.69) is 46.6 Å². The molecule has 0 fully saturated rings. The van der Waals surface area contributed by atoms with Crippen LogP contribution in [0.4, 0.5) is 0 Å². The maximum atomic E-state index is 12.1. The molecule has 7 nitrogen and oxygen atoms in total. The Hall–Kier alpha value is -2.28. The second kappa shape index (κ2) is 13.8. The summed E-state index contributed by atoms with van der Waals surface area (Å²) in [5.41, 5.74) is 1.03. The van der Waals surface area contributed by atoms with E-state index >= 15 is 0 Å². The first kappa shape index (κ1) is 23.8. The maximum Gasteiger partial charge on any atom is 0.239 e. The van der Waals surface area contributed by atoms with Crippen LogP contribution in [0.2, 0.25) is 0 Å². The molecule has 0 saturated carbocycles. The predicted molar refractivity (Wildman–Crippen MR) is 116 cm³/mol. The molecular weight excluding hydrogens is 354 g/mol. The lowest BCUT2D eigenvalue weighted by Gasteiger charge is -2.21. The molecule has 1 rings (SSSR count). The highest BCUT2D eigenvalue weighted by atomic mass is 16.5.